The fourth-order valence-electron chi connectivity index (χ4n) is 11.1. The molecule has 0 radical (unpaired) electrons. The van der Waals surface area contributed by atoms with Crippen molar-refractivity contribution in [2.45, 2.75) is 342 Å². The molecule has 404 valence electrons. The molecule has 0 aliphatic rings. The summed E-state index contributed by atoms with van der Waals surface area (Å²) < 4.78 is 0. The zero-order chi connectivity index (χ0) is 50.8. The van der Waals surface area contributed by atoms with E-state index in [1.165, 1.54) is 303 Å². The van der Waals surface area contributed by atoms with Crippen molar-refractivity contribution in [2.75, 3.05) is 0 Å². The molecule has 0 saturated heterocycles. The highest BCUT2D eigenvalue weighted by Gasteiger charge is 2.19. The fraction of sp³-hybridized carbons (Fsp3) is 0.768. The van der Waals surface area contributed by atoms with Crippen molar-refractivity contribution in [1.82, 2.24) is 0 Å². The fourth-order valence-corrected chi connectivity index (χ4v) is 11.1. The van der Waals surface area contributed by atoms with E-state index in [4.69, 9.17) is 0 Å². The number of nitrogens with zero attached hydrogens (tertiary/aromatic N) is 2. The molecule has 2 aromatic rings. The van der Waals surface area contributed by atoms with Gasteiger partial charge < -0.3 is 5.53 Å². The summed E-state index contributed by atoms with van der Waals surface area (Å²) in [6.07, 6.45) is 66.6. The van der Waals surface area contributed by atoms with E-state index < -0.39 is 0 Å². The van der Waals surface area contributed by atoms with Gasteiger partial charge in [-0.25, -0.2) is 0 Å². The Balaban J connectivity index is 1.82. The normalized spacial score (nSPS) is 11.8. The van der Waals surface area contributed by atoms with Crippen molar-refractivity contribution in [3.63, 3.8) is 0 Å². The van der Waals surface area contributed by atoms with E-state index in [2.05, 4.69) is 86.9 Å². The van der Waals surface area contributed by atoms with Crippen LogP contribution in [0.4, 0.5) is 0 Å². The number of hydrogen-bond acceptors (Lipinski definition) is 0. The second-order valence-electron chi connectivity index (χ2n) is 22.4. The van der Waals surface area contributed by atoms with Crippen molar-refractivity contribution >= 4 is 11.4 Å². The van der Waals surface area contributed by atoms with Crippen molar-refractivity contribution in [2.24, 2.45) is 0 Å². The van der Waals surface area contributed by atoms with Crippen LogP contribution in [0.5, 0.6) is 0 Å². The summed E-state index contributed by atoms with van der Waals surface area (Å²) in [6, 6.07) is 18.8. The molecular weight excluding hydrogens is 857 g/mol. The van der Waals surface area contributed by atoms with Gasteiger partial charge in [-0.1, -0.05) is 339 Å². The topological polar surface area (TPSA) is 36.4 Å². The Hall–Kier alpha value is -2.66. The molecule has 0 unspecified atom stereocenters. The first-order chi connectivity index (χ1) is 35.2. The maximum absolute atomic E-state index is 10.0. The summed E-state index contributed by atoms with van der Waals surface area (Å²) in [4.78, 5) is 3.60. The minimum absolute atomic E-state index is 0.917. The Morgan fingerprint density at radius 3 is 0.958 bits per heavy atom. The van der Waals surface area contributed by atoms with Crippen LogP contribution in [-0.2, 0) is 12.8 Å². The molecule has 2 heteroatoms. The van der Waals surface area contributed by atoms with Crippen LogP contribution in [-0.4, -0.2) is 10.7 Å². The molecular formula is C69H118N2. The third-order valence-electron chi connectivity index (χ3n) is 15.7. The molecule has 0 spiro atoms. The lowest BCUT2D eigenvalue weighted by Crippen LogP contribution is -2.02. The molecule has 0 N–H and O–H groups in total. The van der Waals surface area contributed by atoms with Crippen LogP contribution >= 0.6 is 0 Å². The zero-order valence-electron chi connectivity index (χ0n) is 48.2. The predicted molar refractivity (Wildman–Crippen MR) is 318 cm³/mol. The molecule has 0 aromatic heterocycles. The first-order valence-electron chi connectivity index (χ1n) is 32.1. The molecule has 0 aliphatic heterocycles. The van der Waals surface area contributed by atoms with Gasteiger partial charge in [0.05, 0.1) is 5.57 Å². The van der Waals surface area contributed by atoms with Crippen molar-refractivity contribution < 1.29 is 4.79 Å². The third-order valence-corrected chi connectivity index (χ3v) is 15.7. The lowest BCUT2D eigenvalue weighted by Gasteiger charge is -2.19. The Morgan fingerprint density at radius 1 is 0.338 bits per heavy atom. The van der Waals surface area contributed by atoms with E-state index in [1.807, 2.05) is 0 Å². The lowest BCUT2D eigenvalue weighted by atomic mass is 9.84. The van der Waals surface area contributed by atoms with Crippen LogP contribution in [0.25, 0.3) is 11.1 Å². The van der Waals surface area contributed by atoms with Crippen LogP contribution in [0.1, 0.15) is 352 Å². The number of benzene rings is 2. The van der Waals surface area contributed by atoms with Gasteiger partial charge in [0.25, 0.3) is 0 Å². The van der Waals surface area contributed by atoms with E-state index in [0.29, 0.717) is 0 Å². The van der Waals surface area contributed by atoms with E-state index >= 15 is 0 Å². The molecule has 0 atom stereocenters. The maximum Gasteiger partial charge on any atom is 0.303 e. The zero-order valence-corrected chi connectivity index (χ0v) is 48.2. The molecule has 0 amide bonds. The SMILES string of the molecule is CCCCCCCCCCCCCCCCCCCCCCCCCCc1cccc(C(=C(CCCC)C(=C=[N+]=[N-])CCCCCCCCCCCCCCCCCCC)c2cccc(CCCC)c2)c1. The summed E-state index contributed by atoms with van der Waals surface area (Å²) in [6.45, 7) is 9.20. The van der Waals surface area contributed by atoms with Crippen LogP contribution in [0.3, 0.4) is 0 Å². The molecule has 0 heterocycles. The molecule has 71 heavy (non-hydrogen) atoms. The monoisotopic (exact) mass is 975 g/mol. The number of allylic oxidation sites excluding steroid dienone is 2. The molecule has 2 rings (SSSR count). The smallest absolute Gasteiger partial charge is 0.303 e. The van der Waals surface area contributed by atoms with Crippen LogP contribution < -0.4 is 0 Å². The number of rotatable bonds is 52. The molecule has 0 bridgehead atoms. The highest BCUT2D eigenvalue weighted by Crippen LogP contribution is 2.36. The first-order valence-corrected chi connectivity index (χ1v) is 32.1. The Bertz CT molecular complexity index is 1600. The summed E-state index contributed by atoms with van der Waals surface area (Å²) >= 11 is 0. The summed E-state index contributed by atoms with van der Waals surface area (Å²) in [7, 11) is 0. The maximum atomic E-state index is 10.0. The Kier molecular flexibility index (Phi) is 45.0. The van der Waals surface area contributed by atoms with E-state index in [0.717, 1.165) is 50.5 Å². The number of aryl methyl sites for hydroxylation is 2. The first kappa shape index (κ1) is 64.5. The van der Waals surface area contributed by atoms with Gasteiger partial charge in [-0.3, -0.25) is 0 Å². The summed E-state index contributed by atoms with van der Waals surface area (Å²) in [5.74, 6) is 3.16. The minimum atomic E-state index is 0.917. The van der Waals surface area contributed by atoms with Gasteiger partial charge in [-0.15, -0.1) is 4.79 Å². The van der Waals surface area contributed by atoms with Crippen molar-refractivity contribution in [3.8, 4) is 0 Å². The van der Waals surface area contributed by atoms with E-state index in [9.17, 15) is 5.53 Å². The standard InChI is InChI=1S/C69H118N2/c1-5-9-13-15-17-19-21-23-25-27-28-29-30-31-32-33-35-36-38-40-42-44-46-48-53-64-55-51-58-66(61-64)69(65-57-50-54-63(60-65)52-11-7-3)68(59-12-8-4)67(62-71-70)56-49-47-45-43-41-39-37-34-26-24-22-20-18-16-14-10-6-2/h50-51,54-55,57-58,60-61H,5-49,52-53,56,59H2,1-4H3. The quantitative estimate of drug-likeness (QED) is 0.0208. The second-order valence-corrected chi connectivity index (χ2v) is 22.4. The van der Waals surface area contributed by atoms with Crippen molar-refractivity contribution in [1.29, 1.82) is 0 Å². The van der Waals surface area contributed by atoms with E-state index in [-0.39, 0.29) is 0 Å². The second kappa shape index (κ2) is 49.5. The largest absolute Gasteiger partial charge is 0.348 e. The third kappa shape index (κ3) is 36.0. The lowest BCUT2D eigenvalue weighted by molar-refractivity contribution is 0.00739. The van der Waals surface area contributed by atoms with Crippen LogP contribution in [0.2, 0.25) is 0 Å². The Morgan fingerprint density at radius 2 is 0.634 bits per heavy atom. The minimum Gasteiger partial charge on any atom is -0.348 e. The molecule has 2 aromatic carbocycles. The van der Waals surface area contributed by atoms with Gasteiger partial charge in [-0.2, -0.15) is 0 Å². The average Bonchev–Trinajstić information content (AvgIpc) is 3.39. The highest BCUT2D eigenvalue weighted by molar-refractivity contribution is 5.87. The van der Waals surface area contributed by atoms with E-state index in [1.54, 1.807) is 0 Å². The van der Waals surface area contributed by atoms with Gasteiger partial charge >= 0.3 is 5.87 Å². The van der Waals surface area contributed by atoms with Crippen LogP contribution in [0, 0.1) is 0 Å². The highest BCUT2D eigenvalue weighted by atomic mass is 14.8. The number of unbranched alkanes of at least 4 members (excludes halogenated alkanes) is 41. The van der Waals surface area contributed by atoms with Gasteiger partial charge in [0.2, 0.25) is 0 Å². The predicted octanol–water partition coefficient (Wildman–Crippen LogP) is 23.8. The van der Waals surface area contributed by atoms with Gasteiger partial charge in [0.15, 0.2) is 0 Å². The summed E-state index contributed by atoms with van der Waals surface area (Å²) in [5, 5.41) is 0. The molecule has 2 nitrogen and oxygen atoms in total. The molecule has 0 fully saturated rings. The van der Waals surface area contributed by atoms with Crippen LogP contribution in [0.15, 0.2) is 59.7 Å². The van der Waals surface area contributed by atoms with Crippen molar-refractivity contribution in [3.05, 3.63) is 87.5 Å². The molecule has 0 saturated carbocycles. The Labute approximate surface area is 443 Å². The summed E-state index contributed by atoms with van der Waals surface area (Å²) in [5.41, 5.74) is 19.3. The van der Waals surface area contributed by atoms with Gasteiger partial charge in [0, 0.05) is 0 Å². The van der Waals surface area contributed by atoms with Gasteiger partial charge in [-0.05, 0) is 84.8 Å². The average molecular weight is 976 g/mol. The molecule has 0 aliphatic carbocycles. The van der Waals surface area contributed by atoms with Gasteiger partial charge in [0.1, 0.15) is 0 Å². The number of hydrogen-bond donors (Lipinski definition) is 0.